The number of nitrogens with two attached hydrogens (primary N) is 1. The third kappa shape index (κ3) is 1.02. The SMILES string of the molecule is Nc1nccc(Cl)[n+]1[O-]. The number of anilines is 1. The molecule has 0 amide bonds. The van der Waals surface area contributed by atoms with Crippen molar-refractivity contribution in [3.05, 3.63) is 22.6 Å². The van der Waals surface area contributed by atoms with Gasteiger partial charge in [-0.3, -0.25) is 5.73 Å². The Hall–Kier alpha value is -1.03. The maximum absolute atomic E-state index is 10.6. The summed E-state index contributed by atoms with van der Waals surface area (Å²) in [7, 11) is 0. The number of nitrogens with zero attached hydrogens (tertiary/aromatic N) is 2. The number of halogens is 1. The minimum absolute atomic E-state index is 0.0301. The zero-order valence-electron chi connectivity index (χ0n) is 4.41. The van der Waals surface area contributed by atoms with Gasteiger partial charge in [-0.05, 0) is 11.6 Å². The highest BCUT2D eigenvalue weighted by Gasteiger charge is 1.99. The van der Waals surface area contributed by atoms with E-state index in [0.717, 1.165) is 0 Å². The molecule has 0 atom stereocenters. The maximum Gasteiger partial charge on any atom is 0.390 e. The Kier molecular flexibility index (Phi) is 1.40. The molecular formula is C4H4ClN3O. The van der Waals surface area contributed by atoms with Crippen LogP contribution in [0.15, 0.2) is 12.3 Å². The van der Waals surface area contributed by atoms with E-state index in [4.69, 9.17) is 17.3 Å². The lowest BCUT2D eigenvalue weighted by Crippen LogP contribution is -2.32. The summed E-state index contributed by atoms with van der Waals surface area (Å²) < 4.78 is 0.349. The first-order chi connectivity index (χ1) is 4.22. The van der Waals surface area contributed by atoms with Crippen LogP contribution < -0.4 is 10.5 Å². The van der Waals surface area contributed by atoms with E-state index in [1.165, 1.54) is 12.3 Å². The summed E-state index contributed by atoms with van der Waals surface area (Å²) in [6.45, 7) is 0. The second-order valence-corrected chi connectivity index (χ2v) is 1.81. The van der Waals surface area contributed by atoms with Gasteiger partial charge in [-0.25, -0.2) is 4.73 Å². The van der Waals surface area contributed by atoms with Gasteiger partial charge in [-0.1, -0.05) is 4.98 Å². The van der Waals surface area contributed by atoms with E-state index < -0.39 is 0 Å². The highest BCUT2D eigenvalue weighted by molar-refractivity contribution is 6.28. The molecule has 0 aliphatic rings. The summed E-state index contributed by atoms with van der Waals surface area (Å²) in [5, 5.41) is 10.6. The lowest BCUT2D eigenvalue weighted by molar-refractivity contribution is -0.590. The van der Waals surface area contributed by atoms with Crippen LogP contribution in [0.25, 0.3) is 0 Å². The number of hydrogen-bond donors (Lipinski definition) is 1. The van der Waals surface area contributed by atoms with Crippen LogP contribution in [0.3, 0.4) is 0 Å². The molecule has 0 unspecified atom stereocenters. The highest BCUT2D eigenvalue weighted by Crippen LogP contribution is 1.98. The Bertz CT molecular complexity index is 207. The summed E-state index contributed by atoms with van der Waals surface area (Å²) in [6.07, 6.45) is 1.37. The topological polar surface area (TPSA) is 65.8 Å². The van der Waals surface area contributed by atoms with Crippen LogP contribution in [0.1, 0.15) is 0 Å². The van der Waals surface area contributed by atoms with Crippen molar-refractivity contribution in [3.8, 4) is 0 Å². The molecular weight excluding hydrogens is 142 g/mol. The fourth-order valence-electron chi connectivity index (χ4n) is 0.405. The van der Waals surface area contributed by atoms with Gasteiger partial charge in [-0.2, -0.15) is 0 Å². The van der Waals surface area contributed by atoms with Gasteiger partial charge in [-0.15, -0.1) is 0 Å². The average Bonchev–Trinajstić information content (AvgIpc) is 1.83. The number of nitrogen functional groups attached to an aromatic ring is 1. The second kappa shape index (κ2) is 2.06. The molecule has 0 aliphatic carbocycles. The predicted molar refractivity (Wildman–Crippen MR) is 32.6 cm³/mol. The smallest absolute Gasteiger partial charge is 0.390 e. The normalized spacial score (nSPS) is 9.44. The van der Waals surface area contributed by atoms with Crippen LogP contribution in [0.4, 0.5) is 5.95 Å². The van der Waals surface area contributed by atoms with E-state index in [1.807, 2.05) is 0 Å². The van der Waals surface area contributed by atoms with Crippen molar-refractivity contribution >= 4 is 17.5 Å². The van der Waals surface area contributed by atoms with E-state index in [1.54, 1.807) is 0 Å². The Morgan fingerprint density at radius 3 is 2.89 bits per heavy atom. The zero-order chi connectivity index (χ0) is 6.85. The van der Waals surface area contributed by atoms with E-state index in [-0.39, 0.29) is 11.1 Å². The van der Waals surface area contributed by atoms with E-state index in [2.05, 4.69) is 4.98 Å². The fourth-order valence-corrected chi connectivity index (χ4v) is 0.548. The number of aromatic nitrogens is 2. The fraction of sp³-hybridized carbons (Fsp3) is 0. The van der Waals surface area contributed by atoms with Crippen molar-refractivity contribution < 1.29 is 4.73 Å². The van der Waals surface area contributed by atoms with Crippen LogP contribution in [0, 0.1) is 5.21 Å². The summed E-state index contributed by atoms with van der Waals surface area (Å²) in [5.41, 5.74) is 5.08. The monoisotopic (exact) mass is 145 g/mol. The first kappa shape index (κ1) is 6.10. The standard InChI is InChI=1S/C4H4ClN3O/c5-3-1-2-7-4(6)8(3)9/h1-2H,(H2,6,7). The van der Waals surface area contributed by atoms with E-state index in [9.17, 15) is 5.21 Å². The molecule has 0 aliphatic heterocycles. The Morgan fingerprint density at radius 2 is 2.44 bits per heavy atom. The van der Waals surface area contributed by atoms with E-state index >= 15 is 0 Å². The van der Waals surface area contributed by atoms with Crippen LogP contribution in [-0.4, -0.2) is 4.98 Å². The van der Waals surface area contributed by atoms with E-state index in [0.29, 0.717) is 4.73 Å². The maximum atomic E-state index is 10.6. The molecule has 1 heterocycles. The molecule has 0 aromatic carbocycles. The number of rotatable bonds is 0. The Labute approximate surface area is 56.5 Å². The van der Waals surface area contributed by atoms with Crippen LogP contribution in [0.2, 0.25) is 5.15 Å². The van der Waals surface area contributed by atoms with Gasteiger partial charge >= 0.3 is 5.95 Å². The van der Waals surface area contributed by atoms with Crippen molar-refractivity contribution in [2.75, 3.05) is 5.73 Å². The summed E-state index contributed by atoms with van der Waals surface area (Å²) in [6, 6.07) is 1.37. The Morgan fingerprint density at radius 1 is 1.78 bits per heavy atom. The zero-order valence-corrected chi connectivity index (χ0v) is 5.17. The van der Waals surface area contributed by atoms with Crippen molar-refractivity contribution in [3.63, 3.8) is 0 Å². The molecule has 0 bridgehead atoms. The van der Waals surface area contributed by atoms with Crippen molar-refractivity contribution in [2.45, 2.75) is 0 Å². The van der Waals surface area contributed by atoms with Gasteiger partial charge in [0.25, 0.3) is 0 Å². The lowest BCUT2D eigenvalue weighted by Gasteiger charge is -2.03. The average molecular weight is 146 g/mol. The number of hydrogen-bond acceptors (Lipinski definition) is 3. The molecule has 4 nitrogen and oxygen atoms in total. The van der Waals surface area contributed by atoms with Crippen LogP contribution in [0.5, 0.6) is 0 Å². The summed E-state index contributed by atoms with van der Waals surface area (Å²) in [5.74, 6) is -0.137. The van der Waals surface area contributed by atoms with Crippen LogP contribution >= 0.6 is 11.6 Å². The van der Waals surface area contributed by atoms with Gasteiger partial charge in [0.2, 0.25) is 0 Å². The summed E-state index contributed by atoms with van der Waals surface area (Å²) >= 11 is 5.34. The van der Waals surface area contributed by atoms with Crippen molar-refractivity contribution in [2.24, 2.45) is 0 Å². The Balaban J connectivity index is 3.25. The molecule has 48 valence electrons. The predicted octanol–water partition coefficient (Wildman–Crippen LogP) is -0.0494. The van der Waals surface area contributed by atoms with Gasteiger partial charge in [0.15, 0.2) is 5.15 Å². The first-order valence-electron chi connectivity index (χ1n) is 2.21. The molecule has 2 N–H and O–H groups in total. The van der Waals surface area contributed by atoms with Gasteiger partial charge < -0.3 is 5.21 Å². The minimum Gasteiger partial charge on any atom is -0.739 e. The minimum atomic E-state index is -0.137. The molecule has 0 saturated carbocycles. The molecule has 0 spiro atoms. The van der Waals surface area contributed by atoms with Gasteiger partial charge in [0.1, 0.15) is 6.20 Å². The molecule has 9 heavy (non-hydrogen) atoms. The third-order valence-corrected chi connectivity index (χ3v) is 1.10. The van der Waals surface area contributed by atoms with Gasteiger partial charge in [0.05, 0.1) is 0 Å². The first-order valence-corrected chi connectivity index (χ1v) is 2.59. The molecule has 0 fully saturated rings. The van der Waals surface area contributed by atoms with Crippen molar-refractivity contribution in [1.82, 2.24) is 4.98 Å². The largest absolute Gasteiger partial charge is 0.739 e. The second-order valence-electron chi connectivity index (χ2n) is 1.42. The highest BCUT2D eigenvalue weighted by atomic mass is 35.5. The quantitative estimate of drug-likeness (QED) is 0.316. The lowest BCUT2D eigenvalue weighted by atomic mass is 10.7. The van der Waals surface area contributed by atoms with Crippen LogP contribution in [-0.2, 0) is 0 Å². The molecule has 0 radical (unpaired) electrons. The molecule has 1 rings (SSSR count). The third-order valence-electron chi connectivity index (χ3n) is 0.821. The van der Waals surface area contributed by atoms with Gasteiger partial charge in [0, 0.05) is 6.07 Å². The molecule has 5 heteroatoms. The van der Waals surface area contributed by atoms with Crippen molar-refractivity contribution in [1.29, 1.82) is 0 Å². The summed E-state index contributed by atoms with van der Waals surface area (Å²) in [4.78, 5) is 3.48. The molecule has 0 saturated heterocycles. The molecule has 1 aromatic heterocycles. The molecule has 1 aromatic rings.